The third-order valence-electron chi connectivity index (χ3n) is 2.80. The Morgan fingerprint density at radius 2 is 1.81 bits per heavy atom. The van der Waals surface area contributed by atoms with Gasteiger partial charge in [-0.05, 0) is 60.9 Å². The van der Waals surface area contributed by atoms with Crippen LogP contribution in [0.2, 0.25) is 5.02 Å². The highest BCUT2D eigenvalue weighted by Gasteiger charge is 2.05. The van der Waals surface area contributed by atoms with Crippen molar-refractivity contribution in [3.63, 3.8) is 0 Å². The maximum atomic E-state index is 10.5. The summed E-state index contributed by atoms with van der Waals surface area (Å²) in [4.78, 5) is 10.5. The van der Waals surface area contributed by atoms with Gasteiger partial charge in [0.1, 0.15) is 11.5 Å². The van der Waals surface area contributed by atoms with Crippen LogP contribution in [0.25, 0.3) is 6.08 Å². The van der Waals surface area contributed by atoms with Crippen molar-refractivity contribution in [2.24, 2.45) is 0 Å². The van der Waals surface area contributed by atoms with Crippen LogP contribution < -0.4 is 4.74 Å². The molecule has 2 aromatic carbocycles. The number of halogens is 1. The van der Waals surface area contributed by atoms with Crippen LogP contribution in [0, 0.1) is 13.8 Å². The molecule has 0 unspecified atom stereocenters. The van der Waals surface area contributed by atoms with Crippen molar-refractivity contribution >= 4 is 23.6 Å². The fraction of sp³-hybridized carbons (Fsp3) is 0.118. The number of aliphatic carboxylic acids is 1. The maximum Gasteiger partial charge on any atom is 0.328 e. The molecule has 4 heteroatoms. The molecular formula is C17H15ClO3. The van der Waals surface area contributed by atoms with Crippen molar-refractivity contribution in [1.29, 1.82) is 0 Å². The van der Waals surface area contributed by atoms with Gasteiger partial charge in [0.2, 0.25) is 0 Å². The quantitative estimate of drug-likeness (QED) is 0.821. The second kappa shape index (κ2) is 6.46. The van der Waals surface area contributed by atoms with Gasteiger partial charge in [-0.25, -0.2) is 4.79 Å². The normalized spacial score (nSPS) is 10.8. The van der Waals surface area contributed by atoms with Crippen molar-refractivity contribution < 1.29 is 14.6 Å². The molecule has 0 atom stereocenters. The molecular weight excluding hydrogens is 288 g/mol. The van der Waals surface area contributed by atoms with E-state index in [9.17, 15) is 4.79 Å². The molecule has 0 aliphatic carbocycles. The lowest BCUT2D eigenvalue weighted by Gasteiger charge is -2.10. The van der Waals surface area contributed by atoms with Crippen molar-refractivity contribution in [2.75, 3.05) is 0 Å². The topological polar surface area (TPSA) is 46.5 Å². The lowest BCUT2D eigenvalue weighted by Crippen LogP contribution is -1.89. The second-order valence-corrected chi connectivity index (χ2v) is 5.19. The van der Waals surface area contributed by atoms with Gasteiger partial charge < -0.3 is 9.84 Å². The molecule has 108 valence electrons. The number of rotatable bonds is 4. The lowest BCUT2D eigenvalue weighted by molar-refractivity contribution is -0.131. The smallest absolute Gasteiger partial charge is 0.328 e. The Kier molecular flexibility index (Phi) is 4.66. The van der Waals surface area contributed by atoms with E-state index in [1.54, 1.807) is 18.2 Å². The molecule has 0 spiro atoms. The average molecular weight is 303 g/mol. The Morgan fingerprint density at radius 1 is 1.14 bits per heavy atom. The number of carbonyl (C=O) groups is 1. The molecule has 0 aliphatic heterocycles. The highest BCUT2D eigenvalue weighted by Crippen LogP contribution is 2.31. The number of aryl methyl sites for hydroxylation is 2. The highest BCUT2D eigenvalue weighted by molar-refractivity contribution is 6.32. The van der Waals surface area contributed by atoms with E-state index < -0.39 is 5.97 Å². The fourth-order valence-corrected chi connectivity index (χ4v) is 2.22. The summed E-state index contributed by atoms with van der Waals surface area (Å²) in [7, 11) is 0. The summed E-state index contributed by atoms with van der Waals surface area (Å²) in [5.41, 5.74) is 2.93. The first-order chi connectivity index (χ1) is 9.94. The molecule has 0 aromatic heterocycles. The van der Waals surface area contributed by atoms with Gasteiger partial charge in [-0.2, -0.15) is 0 Å². The molecule has 0 bridgehead atoms. The minimum absolute atomic E-state index is 0.432. The summed E-state index contributed by atoms with van der Waals surface area (Å²) in [6.07, 6.45) is 2.55. The molecule has 0 fully saturated rings. The first-order valence-electron chi connectivity index (χ1n) is 6.41. The minimum atomic E-state index is -0.998. The Bertz CT molecular complexity index is 685. The monoisotopic (exact) mass is 302 g/mol. The van der Waals surface area contributed by atoms with E-state index in [1.807, 2.05) is 26.0 Å². The molecule has 0 radical (unpaired) electrons. The predicted molar refractivity (Wildman–Crippen MR) is 84.1 cm³/mol. The number of hydrogen-bond donors (Lipinski definition) is 1. The van der Waals surface area contributed by atoms with E-state index in [1.165, 1.54) is 6.08 Å². The van der Waals surface area contributed by atoms with Crippen molar-refractivity contribution in [1.82, 2.24) is 0 Å². The lowest BCUT2D eigenvalue weighted by atomic mass is 10.1. The minimum Gasteiger partial charge on any atom is -0.478 e. The fourth-order valence-electron chi connectivity index (χ4n) is 1.99. The Labute approximate surface area is 128 Å². The van der Waals surface area contributed by atoms with Gasteiger partial charge in [0.25, 0.3) is 0 Å². The zero-order valence-electron chi connectivity index (χ0n) is 11.8. The molecule has 0 aliphatic rings. The number of hydrogen-bond acceptors (Lipinski definition) is 2. The van der Waals surface area contributed by atoms with E-state index >= 15 is 0 Å². The van der Waals surface area contributed by atoms with E-state index in [2.05, 4.69) is 6.07 Å². The largest absolute Gasteiger partial charge is 0.478 e. The van der Waals surface area contributed by atoms with Crippen LogP contribution in [-0.4, -0.2) is 11.1 Å². The molecule has 21 heavy (non-hydrogen) atoms. The first kappa shape index (κ1) is 15.1. The summed E-state index contributed by atoms with van der Waals surface area (Å²) in [5.74, 6) is 0.263. The number of benzene rings is 2. The summed E-state index contributed by atoms with van der Waals surface area (Å²) in [6.45, 7) is 4.00. The van der Waals surface area contributed by atoms with Gasteiger partial charge in [0.15, 0.2) is 0 Å². The van der Waals surface area contributed by atoms with Crippen LogP contribution in [0.5, 0.6) is 11.5 Å². The van der Waals surface area contributed by atoms with Crippen LogP contribution in [0.1, 0.15) is 16.7 Å². The Balaban J connectivity index is 2.23. The van der Waals surface area contributed by atoms with Gasteiger partial charge in [0, 0.05) is 6.08 Å². The molecule has 0 heterocycles. The van der Waals surface area contributed by atoms with Crippen molar-refractivity contribution in [3.8, 4) is 11.5 Å². The number of carboxylic acids is 1. The van der Waals surface area contributed by atoms with Crippen molar-refractivity contribution in [3.05, 3.63) is 64.2 Å². The van der Waals surface area contributed by atoms with Crippen LogP contribution in [0.3, 0.4) is 0 Å². The molecule has 1 N–H and O–H groups in total. The second-order valence-electron chi connectivity index (χ2n) is 4.79. The maximum absolute atomic E-state index is 10.5. The number of carboxylic acid groups (broad SMARTS) is 1. The van der Waals surface area contributed by atoms with Gasteiger partial charge in [-0.3, -0.25) is 0 Å². The summed E-state index contributed by atoms with van der Waals surface area (Å²) in [6, 6.07) is 11.1. The third-order valence-corrected chi connectivity index (χ3v) is 3.09. The van der Waals surface area contributed by atoms with Gasteiger partial charge >= 0.3 is 5.97 Å². The summed E-state index contributed by atoms with van der Waals surface area (Å²) < 4.78 is 5.78. The van der Waals surface area contributed by atoms with Gasteiger partial charge in [-0.15, -0.1) is 0 Å². The van der Waals surface area contributed by atoms with Crippen molar-refractivity contribution in [2.45, 2.75) is 13.8 Å². The standard InChI is InChI=1S/C17H15ClO3/c1-11-7-12(2)9-14(8-11)21-16-5-3-13(10-15(16)18)4-6-17(19)20/h3-10H,1-2H3,(H,19,20)/b6-4+. The van der Waals surface area contributed by atoms with Crippen LogP contribution in [-0.2, 0) is 4.79 Å². The van der Waals surface area contributed by atoms with Crippen LogP contribution >= 0.6 is 11.6 Å². The molecule has 0 amide bonds. The summed E-state index contributed by atoms with van der Waals surface area (Å²) >= 11 is 6.17. The first-order valence-corrected chi connectivity index (χ1v) is 6.78. The Morgan fingerprint density at radius 3 is 2.38 bits per heavy atom. The predicted octanol–water partition coefficient (Wildman–Crippen LogP) is 4.85. The van der Waals surface area contributed by atoms with Crippen LogP contribution in [0.4, 0.5) is 0 Å². The van der Waals surface area contributed by atoms with E-state index in [4.69, 9.17) is 21.4 Å². The molecule has 0 saturated heterocycles. The zero-order chi connectivity index (χ0) is 15.4. The zero-order valence-corrected chi connectivity index (χ0v) is 12.5. The van der Waals surface area contributed by atoms with E-state index in [0.29, 0.717) is 16.3 Å². The molecule has 2 rings (SSSR count). The summed E-state index contributed by atoms with van der Waals surface area (Å²) in [5, 5.41) is 9.03. The van der Waals surface area contributed by atoms with Gasteiger partial charge in [0.05, 0.1) is 5.02 Å². The van der Waals surface area contributed by atoms with E-state index in [-0.39, 0.29) is 0 Å². The number of ether oxygens (including phenoxy) is 1. The van der Waals surface area contributed by atoms with Gasteiger partial charge in [-0.1, -0.05) is 23.7 Å². The molecule has 3 nitrogen and oxygen atoms in total. The van der Waals surface area contributed by atoms with Crippen LogP contribution in [0.15, 0.2) is 42.5 Å². The average Bonchev–Trinajstić information content (AvgIpc) is 2.38. The third kappa shape index (κ3) is 4.36. The Hall–Kier alpha value is -2.26. The molecule has 2 aromatic rings. The SMILES string of the molecule is Cc1cc(C)cc(Oc2ccc(/C=C/C(=O)O)cc2Cl)c1. The molecule has 0 saturated carbocycles. The highest BCUT2D eigenvalue weighted by atomic mass is 35.5. The van der Waals surface area contributed by atoms with E-state index in [0.717, 1.165) is 23.0 Å².